The van der Waals surface area contributed by atoms with Gasteiger partial charge in [0, 0.05) is 92.3 Å². The fourth-order valence-electron chi connectivity index (χ4n) is 10.2. The highest BCUT2D eigenvalue weighted by Gasteiger charge is 2.55. The summed E-state index contributed by atoms with van der Waals surface area (Å²) in [7, 11) is 3.31. The van der Waals surface area contributed by atoms with Crippen molar-refractivity contribution >= 4 is 52.0 Å². The lowest BCUT2D eigenvalue weighted by Gasteiger charge is -2.44. The summed E-state index contributed by atoms with van der Waals surface area (Å²) < 4.78 is 14.3. The van der Waals surface area contributed by atoms with Gasteiger partial charge >= 0.3 is 12.0 Å². The number of benzene rings is 1. The molecule has 17 heteroatoms. The molecule has 0 radical (unpaired) electrons. The Bertz CT molecular complexity index is 2560. The Morgan fingerprint density at radius 1 is 1.13 bits per heavy atom. The summed E-state index contributed by atoms with van der Waals surface area (Å²) in [6.45, 7) is 18.0. The van der Waals surface area contributed by atoms with Crippen LogP contribution in [0.25, 0.3) is 33.4 Å². The maximum Gasteiger partial charge on any atom is 0.324 e. The number of carbonyl (C=O) groups is 5. The van der Waals surface area contributed by atoms with Crippen LogP contribution in [0.5, 0.6) is 0 Å². The van der Waals surface area contributed by atoms with Gasteiger partial charge in [0.2, 0.25) is 11.8 Å². The highest BCUT2D eigenvalue weighted by Crippen LogP contribution is 2.45. The summed E-state index contributed by atoms with van der Waals surface area (Å²) in [5, 5.41) is 8.15. The van der Waals surface area contributed by atoms with Gasteiger partial charge in [-0.3, -0.25) is 29.2 Å². The molecule has 2 N–H and O–H groups in total. The summed E-state index contributed by atoms with van der Waals surface area (Å²) in [5.41, 5.74) is 8.80. The molecular formula is C50H65N9O7S. The molecule has 1 unspecified atom stereocenters. The SMILES string of the molecule is C=CC(=O)N1CCN(C(=O)N(C)C(C(=O)N[C@H]2Cc3nc(cs3)-c3ccc4c(c3)c(c(-c3cccnc3[C@H](C)OC)n4CC)CC(C)(C)COC(=O)[C@@H]3CCCN(N3)C2=O)C(C)C)C2(CC2)C1. The number of nitrogens with zero attached hydrogens (tertiary/aromatic N) is 7. The molecule has 1 aromatic carbocycles. The van der Waals surface area contributed by atoms with Crippen LogP contribution in [0.1, 0.15) is 89.6 Å². The van der Waals surface area contributed by atoms with E-state index >= 15 is 0 Å². The van der Waals surface area contributed by atoms with Crippen LogP contribution >= 0.6 is 11.3 Å². The van der Waals surface area contributed by atoms with E-state index in [4.69, 9.17) is 19.4 Å². The third kappa shape index (κ3) is 9.46. The molecule has 1 aliphatic carbocycles. The summed E-state index contributed by atoms with van der Waals surface area (Å²) in [6.07, 6.45) is 6.01. The Morgan fingerprint density at radius 3 is 2.61 bits per heavy atom. The van der Waals surface area contributed by atoms with Crippen LogP contribution in [0, 0.1) is 11.3 Å². The van der Waals surface area contributed by atoms with Crippen molar-refractivity contribution in [2.24, 2.45) is 11.3 Å². The molecule has 4 aliphatic rings. The van der Waals surface area contributed by atoms with Gasteiger partial charge in [-0.05, 0) is 87.8 Å². The monoisotopic (exact) mass is 935 g/mol. The minimum atomic E-state index is -1.09. The smallest absolute Gasteiger partial charge is 0.324 e. The normalized spacial score (nSPS) is 21.4. The van der Waals surface area contributed by atoms with Crippen molar-refractivity contribution in [2.75, 3.05) is 46.9 Å². The van der Waals surface area contributed by atoms with Crippen molar-refractivity contribution < 1.29 is 33.4 Å². The number of hydrogen-bond donors (Lipinski definition) is 2. The summed E-state index contributed by atoms with van der Waals surface area (Å²) in [5.74, 6) is -1.84. The van der Waals surface area contributed by atoms with Gasteiger partial charge in [-0.25, -0.2) is 15.2 Å². The van der Waals surface area contributed by atoms with Gasteiger partial charge in [-0.1, -0.05) is 40.3 Å². The number of rotatable bonds is 9. The van der Waals surface area contributed by atoms with Crippen molar-refractivity contribution in [2.45, 2.75) is 116 Å². The van der Waals surface area contributed by atoms with E-state index in [1.54, 1.807) is 30.2 Å². The van der Waals surface area contributed by atoms with Crippen LogP contribution in [-0.2, 0) is 48.0 Å². The molecule has 3 fully saturated rings. The fourth-order valence-corrected chi connectivity index (χ4v) is 11.1. The number of aryl methyl sites for hydroxylation is 1. The summed E-state index contributed by atoms with van der Waals surface area (Å²) in [6, 6.07) is 7.32. The summed E-state index contributed by atoms with van der Waals surface area (Å²) in [4.78, 5) is 84.9. The third-order valence-corrected chi connectivity index (χ3v) is 14.8. The number of hydrazine groups is 1. The standard InChI is InChI=1S/C50H65N9O7S/c1-10-41(60)56-22-23-58(50(28-56)18-19-50)48(64)55(8)43(30(3)4)45(61)53-37-25-40-52-38(27-67-40)32-16-17-39-34(24-32)35(44(57(39)11-2)33-14-12-20-51-42(33)31(5)65-9)26-49(6,7)29-66-47(63)36-15-13-21-59(54-36)46(37)62/h10,12,14,16-17,20,24,27,30-31,36-37,43,54H,1,11,13,15,18-19,21-23,25-26,28-29H2,2-9H3,(H,53,61)/t31-,36-,37-,43?/m0/s1. The Morgan fingerprint density at radius 2 is 1.91 bits per heavy atom. The van der Waals surface area contributed by atoms with E-state index in [2.05, 4.69) is 66.9 Å². The van der Waals surface area contributed by atoms with Gasteiger partial charge in [-0.2, -0.15) is 0 Å². The third-order valence-electron chi connectivity index (χ3n) is 14.0. The molecule has 4 aromatic rings. The molecule has 358 valence electrons. The van der Waals surface area contributed by atoms with Gasteiger partial charge in [-0.15, -0.1) is 11.3 Å². The number of likely N-dealkylation sites (N-methyl/N-ethyl adjacent to an activating group) is 1. The van der Waals surface area contributed by atoms with Crippen molar-refractivity contribution in [3.63, 3.8) is 0 Å². The largest absolute Gasteiger partial charge is 0.464 e. The van der Waals surface area contributed by atoms with Gasteiger partial charge in [0.1, 0.15) is 18.1 Å². The van der Waals surface area contributed by atoms with Crippen molar-refractivity contribution in [1.29, 1.82) is 0 Å². The first kappa shape index (κ1) is 47.8. The Balaban J connectivity index is 1.15. The van der Waals surface area contributed by atoms with Gasteiger partial charge < -0.3 is 34.1 Å². The Kier molecular flexibility index (Phi) is 13.7. The molecule has 6 bridgehead atoms. The number of fused-ring (bicyclic) bond motifs is 6. The van der Waals surface area contributed by atoms with E-state index in [0.717, 1.165) is 57.5 Å². The number of aromatic nitrogens is 3. The van der Waals surface area contributed by atoms with Crippen LogP contribution in [-0.4, -0.2) is 135 Å². The molecule has 4 atom stereocenters. The molecule has 16 nitrogen and oxygen atoms in total. The first-order chi connectivity index (χ1) is 32.0. The molecule has 8 rings (SSSR count). The number of pyridine rings is 1. The number of amides is 5. The van der Waals surface area contributed by atoms with Crippen LogP contribution in [0.3, 0.4) is 0 Å². The second-order valence-corrected chi connectivity index (χ2v) is 20.6. The molecule has 1 saturated carbocycles. The Hall–Kier alpha value is -5.65. The van der Waals surface area contributed by atoms with E-state index in [1.807, 2.05) is 32.2 Å². The number of piperazine rings is 1. The highest BCUT2D eigenvalue weighted by molar-refractivity contribution is 7.10. The molecule has 1 spiro atoms. The molecule has 3 aliphatic heterocycles. The van der Waals surface area contributed by atoms with E-state index in [-0.39, 0.29) is 37.0 Å². The minimum Gasteiger partial charge on any atom is -0.464 e. The van der Waals surface area contributed by atoms with E-state index in [0.29, 0.717) is 57.0 Å². The molecule has 2 saturated heterocycles. The van der Waals surface area contributed by atoms with E-state index < -0.39 is 46.9 Å². The van der Waals surface area contributed by atoms with E-state index in [1.165, 1.54) is 27.3 Å². The first-order valence-electron chi connectivity index (χ1n) is 23.6. The van der Waals surface area contributed by atoms with Crippen molar-refractivity contribution in [3.05, 3.63) is 70.8 Å². The first-order valence-corrected chi connectivity index (χ1v) is 24.5. The zero-order chi connectivity index (χ0) is 47.9. The fraction of sp³-hybridized carbons (Fsp3) is 0.540. The molecule has 5 amide bonds. The second-order valence-electron chi connectivity index (χ2n) is 19.7. The lowest BCUT2D eigenvalue weighted by molar-refractivity contribution is -0.155. The zero-order valence-electron chi connectivity index (χ0n) is 40.1. The van der Waals surface area contributed by atoms with Crippen molar-refractivity contribution in [1.82, 2.24) is 45.0 Å². The van der Waals surface area contributed by atoms with Crippen LogP contribution in [0.4, 0.5) is 4.79 Å². The number of hydrogen-bond acceptors (Lipinski definition) is 11. The average molecular weight is 936 g/mol. The van der Waals surface area contributed by atoms with Crippen molar-refractivity contribution in [3.8, 4) is 22.5 Å². The number of ether oxygens (including phenoxy) is 2. The molecule has 67 heavy (non-hydrogen) atoms. The van der Waals surface area contributed by atoms with Gasteiger partial charge in [0.15, 0.2) is 0 Å². The van der Waals surface area contributed by atoms with Crippen LogP contribution in [0.15, 0.2) is 54.6 Å². The average Bonchev–Trinajstić information content (AvgIpc) is 3.79. The quantitative estimate of drug-likeness (QED) is 0.147. The van der Waals surface area contributed by atoms with E-state index in [9.17, 15) is 24.0 Å². The number of esters is 1. The number of cyclic esters (lactones) is 1. The molecule has 3 aromatic heterocycles. The lowest BCUT2D eigenvalue weighted by atomic mass is 9.84. The Labute approximate surface area is 397 Å². The number of carbonyl (C=O) groups excluding carboxylic acids is 5. The number of thiazole rings is 1. The highest BCUT2D eigenvalue weighted by atomic mass is 32.1. The minimum absolute atomic E-state index is 0.0763. The van der Waals surface area contributed by atoms with Gasteiger partial charge in [0.05, 0.1) is 40.3 Å². The van der Waals surface area contributed by atoms with Crippen LogP contribution < -0.4 is 10.7 Å². The summed E-state index contributed by atoms with van der Waals surface area (Å²) >= 11 is 1.41. The topological polar surface area (TPSA) is 172 Å². The second kappa shape index (κ2) is 19.2. The zero-order valence-corrected chi connectivity index (χ0v) is 40.9. The number of methoxy groups -OCH3 is 1. The lowest BCUT2D eigenvalue weighted by Crippen LogP contribution is -2.64. The molecule has 6 heterocycles. The number of nitrogens with one attached hydrogen (secondary N) is 2. The number of urea groups is 1. The molecular weight excluding hydrogens is 871 g/mol. The maximum atomic E-state index is 14.7. The van der Waals surface area contributed by atoms with Crippen LogP contribution in [0.2, 0.25) is 0 Å². The predicted molar refractivity (Wildman–Crippen MR) is 257 cm³/mol. The maximum absolute atomic E-state index is 14.7. The van der Waals surface area contributed by atoms with Gasteiger partial charge in [0.25, 0.3) is 5.91 Å². The predicted octanol–water partition coefficient (Wildman–Crippen LogP) is 6.14.